The molecule has 0 N–H and O–H groups in total. The number of carbonyl (C=O) groups is 2. The molecular formula is C21H22BrN3O5. The molecule has 1 aromatic carbocycles. The quantitative estimate of drug-likeness (QED) is 0.459. The van der Waals surface area contributed by atoms with E-state index in [9.17, 15) is 9.59 Å². The van der Waals surface area contributed by atoms with Crippen LogP contribution < -0.4 is 4.74 Å². The molecule has 0 saturated carbocycles. The highest BCUT2D eigenvalue weighted by Gasteiger charge is 2.19. The van der Waals surface area contributed by atoms with E-state index in [0.29, 0.717) is 23.6 Å². The van der Waals surface area contributed by atoms with Gasteiger partial charge in [0.2, 0.25) is 0 Å². The largest absolute Gasteiger partial charge is 0.486 e. The second-order valence-electron chi connectivity index (χ2n) is 6.51. The smallest absolute Gasteiger partial charge is 0.337 e. The first-order chi connectivity index (χ1) is 14.4. The van der Waals surface area contributed by atoms with Gasteiger partial charge in [-0.05, 0) is 59.3 Å². The Kier molecular flexibility index (Phi) is 6.94. The number of hydrogen-bond acceptors (Lipinski definition) is 6. The molecule has 0 radical (unpaired) electrons. The highest BCUT2D eigenvalue weighted by atomic mass is 79.9. The first-order valence-corrected chi connectivity index (χ1v) is 10.1. The van der Waals surface area contributed by atoms with E-state index < -0.39 is 5.97 Å². The van der Waals surface area contributed by atoms with Crippen molar-refractivity contribution in [3.63, 3.8) is 0 Å². The molecule has 8 nitrogen and oxygen atoms in total. The van der Waals surface area contributed by atoms with Gasteiger partial charge in [-0.3, -0.25) is 9.48 Å². The van der Waals surface area contributed by atoms with Gasteiger partial charge < -0.3 is 18.8 Å². The van der Waals surface area contributed by atoms with E-state index in [-0.39, 0.29) is 18.3 Å². The van der Waals surface area contributed by atoms with Gasteiger partial charge in [0.15, 0.2) is 5.76 Å². The zero-order valence-electron chi connectivity index (χ0n) is 16.9. The molecule has 2 heterocycles. The minimum Gasteiger partial charge on any atom is -0.486 e. The van der Waals surface area contributed by atoms with Crippen LogP contribution >= 0.6 is 15.9 Å². The molecule has 3 rings (SSSR count). The number of methoxy groups -OCH3 is 1. The van der Waals surface area contributed by atoms with Gasteiger partial charge in [-0.25, -0.2) is 4.79 Å². The van der Waals surface area contributed by atoms with Crippen molar-refractivity contribution in [3.8, 4) is 5.75 Å². The van der Waals surface area contributed by atoms with Crippen molar-refractivity contribution >= 4 is 27.8 Å². The van der Waals surface area contributed by atoms with Crippen LogP contribution in [-0.2, 0) is 24.4 Å². The predicted molar refractivity (Wildman–Crippen MR) is 112 cm³/mol. The summed E-state index contributed by atoms with van der Waals surface area (Å²) < 4.78 is 18.6. The first kappa shape index (κ1) is 21.6. The van der Waals surface area contributed by atoms with Crippen molar-refractivity contribution in [1.29, 1.82) is 0 Å². The Morgan fingerprint density at radius 3 is 2.57 bits per heavy atom. The maximum absolute atomic E-state index is 12.7. The SMILES string of the molecule is CCn1cc(Br)c(CN(C)C(=O)c2ccc(COc3ccc(C(=O)OC)cc3)o2)n1. The van der Waals surface area contributed by atoms with Crippen molar-refractivity contribution in [3.05, 3.63) is 69.8 Å². The molecule has 9 heteroatoms. The van der Waals surface area contributed by atoms with E-state index in [0.717, 1.165) is 16.7 Å². The summed E-state index contributed by atoms with van der Waals surface area (Å²) in [5, 5.41) is 4.43. The first-order valence-electron chi connectivity index (χ1n) is 9.28. The lowest BCUT2D eigenvalue weighted by Gasteiger charge is -2.14. The number of hydrogen-bond donors (Lipinski definition) is 0. The monoisotopic (exact) mass is 475 g/mol. The number of esters is 1. The second kappa shape index (κ2) is 9.62. The lowest BCUT2D eigenvalue weighted by Crippen LogP contribution is -2.26. The molecule has 0 aliphatic carbocycles. The third-order valence-electron chi connectivity index (χ3n) is 4.37. The maximum atomic E-state index is 12.7. The van der Waals surface area contributed by atoms with Gasteiger partial charge in [-0.2, -0.15) is 5.10 Å². The Bertz CT molecular complexity index is 1030. The Balaban J connectivity index is 1.57. The zero-order valence-corrected chi connectivity index (χ0v) is 18.5. The molecule has 0 unspecified atom stereocenters. The lowest BCUT2D eigenvalue weighted by atomic mass is 10.2. The van der Waals surface area contributed by atoms with E-state index in [2.05, 4.69) is 25.8 Å². The van der Waals surface area contributed by atoms with Crippen LogP contribution in [0.1, 0.15) is 39.3 Å². The second-order valence-corrected chi connectivity index (χ2v) is 7.37. The molecule has 1 amide bonds. The Hall–Kier alpha value is -3.07. The van der Waals surface area contributed by atoms with Crippen molar-refractivity contribution in [2.75, 3.05) is 14.2 Å². The van der Waals surface area contributed by atoms with Crippen molar-refractivity contribution in [1.82, 2.24) is 14.7 Å². The highest BCUT2D eigenvalue weighted by Crippen LogP contribution is 2.19. The van der Waals surface area contributed by atoms with Crippen LogP contribution in [0, 0.1) is 0 Å². The number of nitrogens with zero attached hydrogens (tertiary/aromatic N) is 3. The molecule has 2 aromatic heterocycles. The summed E-state index contributed by atoms with van der Waals surface area (Å²) in [6, 6.07) is 9.89. The average Bonchev–Trinajstić information content (AvgIpc) is 3.38. The fourth-order valence-electron chi connectivity index (χ4n) is 2.72. The normalized spacial score (nSPS) is 10.7. The van der Waals surface area contributed by atoms with E-state index in [4.69, 9.17) is 9.15 Å². The number of halogens is 1. The van der Waals surface area contributed by atoms with Crippen molar-refractivity contribution in [2.45, 2.75) is 26.6 Å². The lowest BCUT2D eigenvalue weighted by molar-refractivity contribution is 0.0600. The molecule has 0 aliphatic heterocycles. The number of amides is 1. The maximum Gasteiger partial charge on any atom is 0.337 e. The Labute approximate surface area is 182 Å². The predicted octanol–water partition coefficient (Wildman–Crippen LogP) is 3.90. The Morgan fingerprint density at radius 1 is 1.20 bits per heavy atom. The summed E-state index contributed by atoms with van der Waals surface area (Å²) in [7, 11) is 3.03. The average molecular weight is 476 g/mol. The summed E-state index contributed by atoms with van der Waals surface area (Å²) in [5.74, 6) is 0.652. The van der Waals surface area contributed by atoms with Gasteiger partial charge in [0.1, 0.15) is 18.1 Å². The summed E-state index contributed by atoms with van der Waals surface area (Å²) in [6.07, 6.45) is 1.88. The van der Waals surface area contributed by atoms with Crippen LogP contribution in [0.2, 0.25) is 0 Å². The van der Waals surface area contributed by atoms with E-state index in [1.807, 2.05) is 13.1 Å². The van der Waals surface area contributed by atoms with Crippen LogP contribution in [0.15, 0.2) is 51.5 Å². The third-order valence-corrected chi connectivity index (χ3v) is 5.04. The van der Waals surface area contributed by atoms with Crippen molar-refractivity contribution in [2.24, 2.45) is 0 Å². The molecule has 0 fully saturated rings. The fraction of sp³-hybridized carbons (Fsp3) is 0.286. The number of benzene rings is 1. The number of ether oxygens (including phenoxy) is 2. The molecule has 0 bridgehead atoms. The summed E-state index contributed by atoms with van der Waals surface area (Å²) in [6.45, 7) is 3.26. The van der Waals surface area contributed by atoms with E-state index in [1.54, 1.807) is 53.0 Å². The molecule has 0 aliphatic rings. The standard InChI is InChI=1S/C21H22BrN3O5/c1-4-25-11-17(22)18(23-25)12-24(2)20(26)19-10-9-16(30-19)13-29-15-7-5-14(6-8-15)21(27)28-3/h5-11H,4,12-13H2,1-3H3. The van der Waals surface area contributed by atoms with Gasteiger partial charge in [0.05, 0.1) is 29.4 Å². The molecule has 3 aromatic rings. The van der Waals surface area contributed by atoms with E-state index in [1.165, 1.54) is 7.11 Å². The van der Waals surface area contributed by atoms with Crippen LogP contribution in [0.5, 0.6) is 5.75 Å². The topological polar surface area (TPSA) is 86.8 Å². The summed E-state index contributed by atoms with van der Waals surface area (Å²) in [4.78, 5) is 25.7. The molecule has 0 spiro atoms. The van der Waals surface area contributed by atoms with Gasteiger partial charge in [0.25, 0.3) is 5.91 Å². The third kappa shape index (κ3) is 5.10. The number of furan rings is 1. The number of rotatable bonds is 8. The van der Waals surface area contributed by atoms with Crippen LogP contribution in [0.4, 0.5) is 0 Å². The van der Waals surface area contributed by atoms with Gasteiger partial charge in [-0.1, -0.05) is 0 Å². The van der Waals surface area contributed by atoms with Crippen molar-refractivity contribution < 1.29 is 23.5 Å². The summed E-state index contributed by atoms with van der Waals surface area (Å²) >= 11 is 3.47. The number of carbonyl (C=O) groups excluding carboxylic acids is 2. The van der Waals surface area contributed by atoms with Gasteiger partial charge in [-0.15, -0.1) is 0 Å². The molecule has 0 atom stereocenters. The zero-order chi connectivity index (χ0) is 21.7. The molecule has 0 saturated heterocycles. The van der Waals surface area contributed by atoms with Crippen LogP contribution in [-0.4, -0.2) is 40.7 Å². The molecular weight excluding hydrogens is 454 g/mol. The fourth-order valence-corrected chi connectivity index (χ4v) is 3.16. The minimum absolute atomic E-state index is 0.154. The molecule has 30 heavy (non-hydrogen) atoms. The van der Waals surface area contributed by atoms with Crippen LogP contribution in [0.3, 0.4) is 0 Å². The minimum atomic E-state index is -0.409. The Morgan fingerprint density at radius 2 is 1.93 bits per heavy atom. The van der Waals surface area contributed by atoms with Gasteiger partial charge in [0, 0.05) is 19.8 Å². The van der Waals surface area contributed by atoms with Crippen LogP contribution in [0.25, 0.3) is 0 Å². The van der Waals surface area contributed by atoms with E-state index >= 15 is 0 Å². The summed E-state index contributed by atoms with van der Waals surface area (Å²) in [5.41, 5.74) is 1.22. The highest BCUT2D eigenvalue weighted by molar-refractivity contribution is 9.10. The van der Waals surface area contributed by atoms with Gasteiger partial charge >= 0.3 is 5.97 Å². The molecule has 158 valence electrons. The number of aryl methyl sites for hydroxylation is 1. The number of aromatic nitrogens is 2.